The second kappa shape index (κ2) is 8.71. The van der Waals surface area contributed by atoms with Crippen molar-refractivity contribution < 1.29 is 4.79 Å². The average molecular weight is 346 g/mol. The van der Waals surface area contributed by atoms with E-state index in [0.29, 0.717) is 0 Å². The molecule has 4 nitrogen and oxygen atoms in total. The van der Waals surface area contributed by atoms with Gasteiger partial charge in [-0.2, -0.15) is 0 Å². The number of anilines is 2. The highest BCUT2D eigenvalue weighted by molar-refractivity contribution is 5.99. The van der Waals surface area contributed by atoms with Gasteiger partial charge in [0.15, 0.2) is 0 Å². The molecule has 0 unspecified atom stereocenters. The minimum atomic E-state index is 0. The lowest BCUT2D eigenvalue weighted by Gasteiger charge is -2.30. The number of hydrogen-bond acceptors (Lipinski definition) is 2. The molecule has 0 aliphatic carbocycles. The van der Waals surface area contributed by atoms with Crippen molar-refractivity contribution in [1.82, 2.24) is 9.80 Å². The summed E-state index contributed by atoms with van der Waals surface area (Å²) < 4.78 is 0. The molecule has 0 spiro atoms. The van der Waals surface area contributed by atoms with Gasteiger partial charge >= 0.3 is 6.03 Å². The third kappa shape index (κ3) is 4.28. The van der Waals surface area contributed by atoms with Crippen LogP contribution in [0.3, 0.4) is 0 Å². The van der Waals surface area contributed by atoms with E-state index in [-0.39, 0.29) is 18.4 Å². The number of halogens is 1. The first-order chi connectivity index (χ1) is 11.3. The molecule has 2 amide bonds. The maximum atomic E-state index is 13.2. The molecular weight excluding hydrogens is 322 g/mol. The van der Waals surface area contributed by atoms with Crippen LogP contribution in [0, 0.1) is 0 Å². The second-order valence-electron chi connectivity index (χ2n) is 5.93. The topological polar surface area (TPSA) is 26.8 Å². The van der Waals surface area contributed by atoms with Gasteiger partial charge in [0.1, 0.15) is 0 Å². The van der Waals surface area contributed by atoms with Gasteiger partial charge in [0, 0.05) is 19.6 Å². The summed E-state index contributed by atoms with van der Waals surface area (Å²) >= 11 is 0. The summed E-state index contributed by atoms with van der Waals surface area (Å²) in [6.07, 6.45) is 1.01. The summed E-state index contributed by atoms with van der Waals surface area (Å²) in [4.78, 5) is 19.2. The van der Waals surface area contributed by atoms with E-state index in [1.54, 1.807) is 0 Å². The summed E-state index contributed by atoms with van der Waals surface area (Å²) in [6.45, 7) is 3.54. The van der Waals surface area contributed by atoms with Crippen LogP contribution in [0.25, 0.3) is 0 Å². The van der Waals surface area contributed by atoms with Crippen molar-refractivity contribution in [3.63, 3.8) is 0 Å². The average Bonchev–Trinajstić information content (AvgIpc) is 2.82. The van der Waals surface area contributed by atoms with Gasteiger partial charge in [-0.3, -0.25) is 4.90 Å². The summed E-state index contributed by atoms with van der Waals surface area (Å²) in [6, 6.07) is 19.8. The van der Waals surface area contributed by atoms with Crippen molar-refractivity contribution in [3.8, 4) is 0 Å². The molecule has 3 rings (SSSR count). The molecule has 0 radical (unpaired) electrons. The van der Waals surface area contributed by atoms with E-state index in [2.05, 4.69) is 11.9 Å². The smallest absolute Gasteiger partial charge is 0.323 e. The van der Waals surface area contributed by atoms with Crippen molar-refractivity contribution in [2.45, 2.75) is 6.42 Å². The van der Waals surface area contributed by atoms with Crippen molar-refractivity contribution in [3.05, 3.63) is 60.7 Å². The van der Waals surface area contributed by atoms with Gasteiger partial charge in [-0.25, -0.2) is 4.79 Å². The van der Waals surface area contributed by atoms with Crippen molar-refractivity contribution in [2.75, 3.05) is 38.1 Å². The lowest BCUT2D eigenvalue weighted by Crippen LogP contribution is -2.42. The van der Waals surface area contributed by atoms with Gasteiger partial charge < -0.3 is 9.80 Å². The van der Waals surface area contributed by atoms with Crippen LogP contribution in [0.1, 0.15) is 6.42 Å². The fourth-order valence-corrected chi connectivity index (χ4v) is 2.90. The quantitative estimate of drug-likeness (QED) is 0.822. The van der Waals surface area contributed by atoms with Gasteiger partial charge in [0.25, 0.3) is 0 Å². The predicted octanol–water partition coefficient (Wildman–Crippen LogP) is 4.00. The molecule has 0 saturated carbocycles. The Bertz CT molecular complexity index is 596. The molecule has 1 aliphatic heterocycles. The van der Waals surface area contributed by atoms with E-state index in [9.17, 15) is 4.79 Å². The Hall–Kier alpha value is -2.04. The summed E-state index contributed by atoms with van der Waals surface area (Å²) in [5, 5.41) is 0. The maximum absolute atomic E-state index is 13.2. The first kappa shape index (κ1) is 18.3. The molecule has 1 aliphatic rings. The first-order valence-corrected chi connectivity index (χ1v) is 8.13. The molecule has 0 N–H and O–H groups in total. The zero-order valence-electron chi connectivity index (χ0n) is 14.0. The van der Waals surface area contributed by atoms with E-state index < -0.39 is 0 Å². The highest BCUT2D eigenvalue weighted by Gasteiger charge is 2.25. The molecule has 0 bridgehead atoms. The zero-order chi connectivity index (χ0) is 16.1. The summed E-state index contributed by atoms with van der Waals surface area (Å²) in [5.74, 6) is 0. The molecule has 5 heteroatoms. The number of likely N-dealkylation sites (N-methyl/N-ethyl adjacent to an activating group) is 1. The highest BCUT2D eigenvalue weighted by atomic mass is 35.5. The van der Waals surface area contributed by atoms with Gasteiger partial charge in [-0.15, -0.1) is 12.4 Å². The monoisotopic (exact) mass is 345 g/mol. The summed E-state index contributed by atoms with van der Waals surface area (Å²) in [5.41, 5.74) is 1.81. The number of hydrogen-bond donors (Lipinski definition) is 0. The minimum Gasteiger partial charge on any atom is -0.323 e. The number of benzene rings is 2. The number of para-hydroxylation sites is 2. The number of nitrogens with zero attached hydrogens (tertiary/aromatic N) is 3. The fraction of sp³-hybridized carbons (Fsp3) is 0.316. The maximum Gasteiger partial charge on any atom is 0.329 e. The molecule has 2 aromatic carbocycles. The molecule has 24 heavy (non-hydrogen) atoms. The van der Waals surface area contributed by atoms with Gasteiger partial charge in [0.05, 0.1) is 11.4 Å². The standard InChI is InChI=1S/C19H23N3O.ClH/c1-20-13-8-14-21(16-15-20)19(23)22(17-9-4-2-5-10-17)18-11-6-3-7-12-18;/h2-7,9-12H,8,13-16H2,1H3;1H. The number of rotatable bonds is 2. The zero-order valence-corrected chi connectivity index (χ0v) is 14.8. The Morgan fingerprint density at radius 2 is 1.38 bits per heavy atom. The number of amides is 2. The van der Waals surface area contributed by atoms with E-state index in [0.717, 1.165) is 44.0 Å². The van der Waals surface area contributed by atoms with E-state index >= 15 is 0 Å². The second-order valence-corrected chi connectivity index (χ2v) is 5.93. The first-order valence-electron chi connectivity index (χ1n) is 8.13. The molecular formula is C19H24ClN3O. The van der Waals surface area contributed by atoms with E-state index in [1.165, 1.54) is 0 Å². The molecule has 0 aromatic heterocycles. The molecule has 128 valence electrons. The Balaban J connectivity index is 0.00000208. The number of carbonyl (C=O) groups is 1. The lowest BCUT2D eigenvalue weighted by atomic mass is 10.2. The molecule has 0 atom stereocenters. The van der Waals surface area contributed by atoms with Crippen molar-refractivity contribution in [2.24, 2.45) is 0 Å². The fourth-order valence-electron chi connectivity index (χ4n) is 2.90. The normalized spacial score (nSPS) is 15.3. The Kier molecular flexibility index (Phi) is 6.64. The number of urea groups is 1. The van der Waals surface area contributed by atoms with Gasteiger partial charge in [0.2, 0.25) is 0 Å². The highest BCUT2D eigenvalue weighted by Crippen LogP contribution is 2.26. The largest absolute Gasteiger partial charge is 0.329 e. The minimum absolute atomic E-state index is 0. The SMILES string of the molecule is CN1CCCN(C(=O)N(c2ccccc2)c2ccccc2)CC1.Cl. The van der Waals surface area contributed by atoms with Crippen LogP contribution >= 0.6 is 12.4 Å². The van der Waals surface area contributed by atoms with Crippen LogP contribution in [-0.2, 0) is 0 Å². The molecule has 2 aromatic rings. The van der Waals surface area contributed by atoms with E-state index in [1.807, 2.05) is 70.5 Å². The van der Waals surface area contributed by atoms with Crippen molar-refractivity contribution >= 4 is 29.8 Å². The predicted molar refractivity (Wildman–Crippen MR) is 101 cm³/mol. The van der Waals surface area contributed by atoms with Crippen LogP contribution in [-0.4, -0.2) is 49.1 Å². The van der Waals surface area contributed by atoms with Crippen LogP contribution in [0.15, 0.2) is 60.7 Å². The Morgan fingerprint density at radius 1 is 0.833 bits per heavy atom. The van der Waals surface area contributed by atoms with Crippen LogP contribution in [0.2, 0.25) is 0 Å². The lowest BCUT2D eigenvalue weighted by molar-refractivity contribution is 0.209. The summed E-state index contributed by atoms with van der Waals surface area (Å²) in [7, 11) is 2.11. The molecule has 1 fully saturated rings. The van der Waals surface area contributed by atoms with Crippen molar-refractivity contribution in [1.29, 1.82) is 0 Å². The van der Waals surface area contributed by atoms with Gasteiger partial charge in [-0.05, 0) is 44.3 Å². The third-order valence-corrected chi connectivity index (χ3v) is 4.21. The Labute approximate surface area is 150 Å². The number of carbonyl (C=O) groups excluding carboxylic acids is 1. The van der Waals surface area contributed by atoms with E-state index in [4.69, 9.17) is 0 Å². The molecule has 1 saturated heterocycles. The van der Waals surface area contributed by atoms with Crippen LogP contribution in [0.4, 0.5) is 16.2 Å². The van der Waals surface area contributed by atoms with Gasteiger partial charge in [-0.1, -0.05) is 36.4 Å². The van der Waals surface area contributed by atoms with Crippen LogP contribution in [0.5, 0.6) is 0 Å². The Morgan fingerprint density at radius 3 is 1.92 bits per heavy atom. The molecule has 1 heterocycles. The third-order valence-electron chi connectivity index (χ3n) is 4.21. The van der Waals surface area contributed by atoms with Crippen LogP contribution < -0.4 is 4.90 Å².